The highest BCUT2D eigenvalue weighted by Crippen LogP contribution is 2.33. The van der Waals surface area contributed by atoms with Crippen LogP contribution < -0.4 is 10.1 Å². The molecule has 1 unspecified atom stereocenters. The van der Waals surface area contributed by atoms with E-state index in [9.17, 15) is 13.2 Å². The minimum absolute atomic E-state index is 0.251. The van der Waals surface area contributed by atoms with Gasteiger partial charge < -0.3 is 10.1 Å². The quantitative estimate of drug-likeness (QED) is 0.708. The van der Waals surface area contributed by atoms with Gasteiger partial charge in [0.2, 0.25) is 0 Å². The summed E-state index contributed by atoms with van der Waals surface area (Å²) in [7, 11) is 1.78. The molecule has 1 N–H and O–H groups in total. The molecule has 0 radical (unpaired) electrons. The second-order valence-electron chi connectivity index (χ2n) is 5.82. The Hall–Kier alpha value is -2.67. The second kappa shape index (κ2) is 7.70. The summed E-state index contributed by atoms with van der Waals surface area (Å²) in [6.07, 6.45) is -0.0134. The van der Waals surface area contributed by atoms with Gasteiger partial charge in [-0.1, -0.05) is 12.1 Å². The molecule has 1 atom stereocenters. The van der Waals surface area contributed by atoms with E-state index < -0.39 is 17.8 Å². The fraction of sp³-hybridized carbons (Fsp3) is 0.263. The molecule has 1 aromatic carbocycles. The van der Waals surface area contributed by atoms with Crippen LogP contribution in [-0.4, -0.2) is 23.6 Å². The number of hydrogen-bond donors (Lipinski definition) is 1. The van der Waals surface area contributed by atoms with E-state index in [2.05, 4.69) is 15.3 Å². The number of aromatic nitrogens is 2. The number of hydrogen-bond acceptors (Lipinski definition) is 4. The zero-order chi connectivity index (χ0) is 18.6. The van der Waals surface area contributed by atoms with Gasteiger partial charge in [0.15, 0.2) is 0 Å². The van der Waals surface area contributed by atoms with E-state index in [0.29, 0.717) is 18.7 Å². The van der Waals surface area contributed by atoms with Crippen molar-refractivity contribution >= 4 is 10.8 Å². The van der Waals surface area contributed by atoms with Gasteiger partial charge >= 0.3 is 6.18 Å². The molecule has 3 aromatic rings. The van der Waals surface area contributed by atoms with Gasteiger partial charge in [0, 0.05) is 35.8 Å². The standard InChI is InChI=1S/C19H18F3N3O/c1-23-8-7-18(16-11-14(5-10-25-16)19(20,21)22)26-17-4-2-3-13-12-24-9-6-15(13)17/h2-6,9-12,18,23H,7-8H2,1H3. The molecule has 0 bridgehead atoms. The number of ether oxygens (including phenoxy) is 1. The average Bonchev–Trinajstić information content (AvgIpc) is 2.64. The van der Waals surface area contributed by atoms with Crippen molar-refractivity contribution in [3.63, 3.8) is 0 Å². The third-order valence-electron chi connectivity index (χ3n) is 4.00. The summed E-state index contributed by atoms with van der Waals surface area (Å²) in [5.74, 6) is 0.588. The van der Waals surface area contributed by atoms with Crippen molar-refractivity contribution in [3.8, 4) is 5.75 Å². The molecule has 0 saturated heterocycles. The molecule has 136 valence electrons. The Labute approximate surface area is 149 Å². The molecule has 0 aliphatic carbocycles. The third-order valence-corrected chi connectivity index (χ3v) is 4.00. The van der Waals surface area contributed by atoms with Gasteiger partial charge in [-0.15, -0.1) is 0 Å². The number of nitrogens with one attached hydrogen (secondary N) is 1. The summed E-state index contributed by atoms with van der Waals surface area (Å²) in [6, 6.07) is 9.35. The van der Waals surface area contributed by atoms with Crippen LogP contribution in [0.3, 0.4) is 0 Å². The first-order valence-electron chi connectivity index (χ1n) is 8.16. The molecule has 0 spiro atoms. The SMILES string of the molecule is CNCCC(Oc1cccc2cnccc12)c1cc(C(F)(F)F)ccn1. The van der Waals surface area contributed by atoms with Gasteiger partial charge in [-0.05, 0) is 37.9 Å². The van der Waals surface area contributed by atoms with Crippen molar-refractivity contribution in [1.29, 1.82) is 0 Å². The molecule has 3 rings (SSSR count). The molecule has 0 fully saturated rings. The summed E-state index contributed by atoms with van der Waals surface area (Å²) < 4.78 is 45.2. The fourth-order valence-electron chi connectivity index (χ4n) is 2.69. The lowest BCUT2D eigenvalue weighted by Gasteiger charge is -2.20. The molecule has 2 aromatic heterocycles. The van der Waals surface area contributed by atoms with Crippen LogP contribution in [0.25, 0.3) is 10.8 Å². The molecule has 0 amide bonds. The van der Waals surface area contributed by atoms with E-state index in [4.69, 9.17) is 4.74 Å². The van der Waals surface area contributed by atoms with Crippen LogP contribution in [0, 0.1) is 0 Å². The van der Waals surface area contributed by atoms with E-state index in [1.807, 2.05) is 18.2 Å². The highest BCUT2D eigenvalue weighted by Gasteiger charge is 2.31. The van der Waals surface area contributed by atoms with Crippen LogP contribution in [0.15, 0.2) is 55.0 Å². The molecule has 0 saturated carbocycles. The highest BCUT2D eigenvalue weighted by molar-refractivity contribution is 5.87. The summed E-state index contributed by atoms with van der Waals surface area (Å²) >= 11 is 0. The van der Waals surface area contributed by atoms with Crippen molar-refractivity contribution < 1.29 is 17.9 Å². The maximum absolute atomic E-state index is 13.0. The Balaban J connectivity index is 1.96. The summed E-state index contributed by atoms with van der Waals surface area (Å²) in [5.41, 5.74) is -0.483. The van der Waals surface area contributed by atoms with Crippen LogP contribution in [0.4, 0.5) is 13.2 Å². The molecular weight excluding hydrogens is 343 g/mol. The van der Waals surface area contributed by atoms with E-state index in [1.165, 1.54) is 6.20 Å². The van der Waals surface area contributed by atoms with Crippen molar-refractivity contribution in [2.45, 2.75) is 18.7 Å². The zero-order valence-corrected chi connectivity index (χ0v) is 14.1. The first-order valence-corrected chi connectivity index (χ1v) is 8.16. The van der Waals surface area contributed by atoms with Crippen molar-refractivity contribution in [1.82, 2.24) is 15.3 Å². The number of alkyl halides is 3. The predicted molar refractivity (Wildman–Crippen MR) is 92.9 cm³/mol. The molecule has 26 heavy (non-hydrogen) atoms. The molecule has 7 heteroatoms. The Kier molecular flexibility index (Phi) is 5.37. The maximum atomic E-state index is 13.0. The lowest BCUT2D eigenvalue weighted by atomic mass is 10.1. The Morgan fingerprint density at radius 3 is 2.77 bits per heavy atom. The zero-order valence-electron chi connectivity index (χ0n) is 14.1. The van der Waals surface area contributed by atoms with Gasteiger partial charge in [0.25, 0.3) is 0 Å². The van der Waals surface area contributed by atoms with Gasteiger partial charge in [0.1, 0.15) is 11.9 Å². The number of fused-ring (bicyclic) bond motifs is 1. The Morgan fingerprint density at radius 1 is 1.15 bits per heavy atom. The van der Waals surface area contributed by atoms with Crippen LogP contribution in [0.2, 0.25) is 0 Å². The van der Waals surface area contributed by atoms with E-state index in [-0.39, 0.29) is 5.69 Å². The maximum Gasteiger partial charge on any atom is 0.416 e. The number of halogens is 3. The van der Waals surface area contributed by atoms with Crippen molar-refractivity contribution in [2.24, 2.45) is 0 Å². The van der Waals surface area contributed by atoms with Crippen LogP contribution >= 0.6 is 0 Å². The molecule has 2 heterocycles. The lowest BCUT2D eigenvalue weighted by molar-refractivity contribution is -0.137. The first kappa shape index (κ1) is 18.1. The summed E-state index contributed by atoms with van der Waals surface area (Å²) in [5, 5.41) is 4.74. The highest BCUT2D eigenvalue weighted by atomic mass is 19.4. The number of pyridine rings is 2. The fourth-order valence-corrected chi connectivity index (χ4v) is 2.69. The number of rotatable bonds is 6. The predicted octanol–water partition coefficient (Wildman–Crippen LogP) is 4.38. The van der Waals surface area contributed by atoms with Gasteiger partial charge in [0.05, 0.1) is 11.3 Å². The minimum atomic E-state index is -4.42. The average molecular weight is 361 g/mol. The minimum Gasteiger partial charge on any atom is -0.483 e. The largest absolute Gasteiger partial charge is 0.483 e. The van der Waals surface area contributed by atoms with Crippen LogP contribution in [0.5, 0.6) is 5.75 Å². The normalized spacial score (nSPS) is 12.9. The molecule has 0 aliphatic heterocycles. The third kappa shape index (κ3) is 4.11. The van der Waals surface area contributed by atoms with E-state index in [0.717, 1.165) is 22.9 Å². The summed E-state index contributed by atoms with van der Waals surface area (Å²) in [4.78, 5) is 8.19. The second-order valence-corrected chi connectivity index (χ2v) is 5.82. The van der Waals surface area contributed by atoms with Crippen LogP contribution in [0.1, 0.15) is 23.8 Å². The first-order chi connectivity index (χ1) is 12.5. The Bertz CT molecular complexity index is 878. The summed E-state index contributed by atoms with van der Waals surface area (Å²) in [6.45, 7) is 0.578. The van der Waals surface area contributed by atoms with Crippen LogP contribution in [-0.2, 0) is 6.18 Å². The van der Waals surface area contributed by atoms with Gasteiger partial charge in [-0.3, -0.25) is 9.97 Å². The Morgan fingerprint density at radius 2 is 2.00 bits per heavy atom. The smallest absolute Gasteiger partial charge is 0.416 e. The monoisotopic (exact) mass is 361 g/mol. The number of benzene rings is 1. The molecular formula is C19H18F3N3O. The molecule has 4 nitrogen and oxygen atoms in total. The number of nitrogens with zero attached hydrogens (tertiary/aromatic N) is 2. The van der Waals surface area contributed by atoms with Gasteiger partial charge in [-0.2, -0.15) is 13.2 Å². The lowest BCUT2D eigenvalue weighted by Crippen LogP contribution is -2.18. The van der Waals surface area contributed by atoms with Crippen molar-refractivity contribution in [3.05, 3.63) is 66.2 Å². The van der Waals surface area contributed by atoms with E-state index in [1.54, 1.807) is 25.5 Å². The van der Waals surface area contributed by atoms with E-state index >= 15 is 0 Å². The molecule has 0 aliphatic rings. The van der Waals surface area contributed by atoms with Crippen molar-refractivity contribution in [2.75, 3.05) is 13.6 Å². The topological polar surface area (TPSA) is 47.0 Å². The van der Waals surface area contributed by atoms with Gasteiger partial charge in [-0.25, -0.2) is 0 Å².